The minimum Gasteiger partial charge on any atom is -0.336 e. The number of benzene rings is 2. The maximum Gasteiger partial charge on any atom is 0.253 e. The molecule has 5 nitrogen and oxygen atoms in total. The number of carbonyl (C=O) groups is 1. The molecule has 0 bridgehead atoms. The molecule has 7 heteroatoms. The van der Waals surface area contributed by atoms with Gasteiger partial charge >= 0.3 is 0 Å². The summed E-state index contributed by atoms with van der Waals surface area (Å²) in [7, 11) is -3.47. The summed E-state index contributed by atoms with van der Waals surface area (Å²) in [4.78, 5) is 15.5. The van der Waals surface area contributed by atoms with Crippen molar-refractivity contribution in [1.82, 2.24) is 9.21 Å². The number of aryl methyl sites for hydroxylation is 1. The average Bonchev–Trinajstić information content (AvgIpc) is 3.14. The zero-order valence-corrected chi connectivity index (χ0v) is 16.6. The van der Waals surface area contributed by atoms with Crippen molar-refractivity contribution < 1.29 is 13.2 Å². The van der Waals surface area contributed by atoms with Gasteiger partial charge in [0.2, 0.25) is 0 Å². The summed E-state index contributed by atoms with van der Waals surface area (Å²) >= 11 is 1.28. The number of hydrogen-bond acceptors (Lipinski definition) is 4. The quantitative estimate of drug-likeness (QED) is 0.677. The molecule has 1 aromatic heterocycles. The number of thiophene rings is 1. The number of carbonyl (C=O) groups excluding carboxylic acids is 1. The van der Waals surface area contributed by atoms with Crippen LogP contribution in [0.1, 0.15) is 15.2 Å². The van der Waals surface area contributed by atoms with Crippen LogP contribution in [0.3, 0.4) is 0 Å². The summed E-state index contributed by atoms with van der Waals surface area (Å²) < 4.78 is 27.3. The van der Waals surface area contributed by atoms with Crippen molar-refractivity contribution in [2.45, 2.75) is 11.1 Å². The molecule has 4 rings (SSSR count). The van der Waals surface area contributed by atoms with Gasteiger partial charge < -0.3 is 4.90 Å². The lowest BCUT2D eigenvalue weighted by molar-refractivity contribution is 0.0698. The van der Waals surface area contributed by atoms with Crippen LogP contribution < -0.4 is 0 Å². The van der Waals surface area contributed by atoms with Crippen LogP contribution in [0.15, 0.2) is 58.8 Å². The molecule has 1 fully saturated rings. The molecule has 140 valence electrons. The Labute approximate surface area is 162 Å². The Morgan fingerprint density at radius 1 is 0.926 bits per heavy atom. The maximum atomic E-state index is 12.8. The van der Waals surface area contributed by atoms with E-state index in [0.29, 0.717) is 36.0 Å². The van der Waals surface area contributed by atoms with Crippen molar-refractivity contribution in [2.75, 3.05) is 26.2 Å². The summed E-state index contributed by atoms with van der Waals surface area (Å²) in [6, 6.07) is 17.1. The van der Waals surface area contributed by atoms with Crippen molar-refractivity contribution in [3.05, 3.63) is 65.0 Å². The molecule has 1 saturated heterocycles. The Balaban J connectivity index is 1.47. The normalized spacial score (nSPS) is 16.0. The molecule has 0 atom stereocenters. The molecule has 0 saturated carbocycles. The number of piperazine rings is 1. The predicted octanol–water partition coefficient (Wildman–Crippen LogP) is 3.36. The van der Waals surface area contributed by atoms with Crippen molar-refractivity contribution in [2.24, 2.45) is 0 Å². The smallest absolute Gasteiger partial charge is 0.253 e. The second kappa shape index (κ2) is 7.07. The first-order chi connectivity index (χ1) is 12.9. The van der Waals surface area contributed by atoms with Gasteiger partial charge in [0.1, 0.15) is 4.21 Å². The SMILES string of the molecule is Cc1ccc(S(=O)(=O)N2CCN(C(=O)c3ccc4ccccc4c3)CC2)s1. The Morgan fingerprint density at radius 2 is 1.63 bits per heavy atom. The van der Waals surface area contributed by atoms with Crippen LogP contribution in [0.4, 0.5) is 0 Å². The fourth-order valence-corrected chi connectivity index (χ4v) is 6.17. The number of rotatable bonds is 3. The zero-order chi connectivity index (χ0) is 19.0. The molecule has 0 aliphatic carbocycles. The number of amides is 1. The van der Waals surface area contributed by atoms with Crippen molar-refractivity contribution in [3.63, 3.8) is 0 Å². The van der Waals surface area contributed by atoms with Crippen molar-refractivity contribution in [1.29, 1.82) is 0 Å². The summed E-state index contributed by atoms with van der Waals surface area (Å²) in [6.07, 6.45) is 0. The lowest BCUT2D eigenvalue weighted by Gasteiger charge is -2.33. The first-order valence-corrected chi connectivity index (χ1v) is 11.1. The molecular weight excluding hydrogens is 380 g/mol. The van der Waals surface area contributed by atoms with Gasteiger partial charge in [0.25, 0.3) is 15.9 Å². The van der Waals surface area contributed by atoms with E-state index in [4.69, 9.17) is 0 Å². The Bertz CT molecular complexity index is 1100. The van der Waals surface area contributed by atoms with E-state index in [-0.39, 0.29) is 5.91 Å². The van der Waals surface area contributed by atoms with E-state index in [9.17, 15) is 13.2 Å². The molecule has 2 aromatic carbocycles. The Morgan fingerprint density at radius 3 is 2.30 bits per heavy atom. The third-order valence-electron chi connectivity index (χ3n) is 4.83. The Kier molecular flexibility index (Phi) is 4.75. The summed E-state index contributed by atoms with van der Waals surface area (Å²) in [5, 5.41) is 2.12. The van der Waals surface area contributed by atoms with E-state index < -0.39 is 10.0 Å². The highest BCUT2D eigenvalue weighted by Crippen LogP contribution is 2.25. The molecule has 0 unspecified atom stereocenters. The van der Waals surface area contributed by atoms with Gasteiger partial charge in [-0.2, -0.15) is 4.31 Å². The van der Waals surface area contributed by atoms with Gasteiger partial charge in [-0.15, -0.1) is 11.3 Å². The van der Waals surface area contributed by atoms with Crippen LogP contribution in [0.2, 0.25) is 0 Å². The first kappa shape index (κ1) is 18.2. The highest BCUT2D eigenvalue weighted by atomic mass is 32.2. The fraction of sp³-hybridized carbons (Fsp3) is 0.250. The van der Waals surface area contributed by atoms with Crippen LogP contribution in [0.25, 0.3) is 10.8 Å². The third-order valence-corrected chi connectivity index (χ3v) is 8.20. The van der Waals surface area contributed by atoms with E-state index in [1.54, 1.807) is 11.0 Å². The van der Waals surface area contributed by atoms with Gasteiger partial charge in [-0.05, 0) is 42.0 Å². The van der Waals surface area contributed by atoms with Gasteiger partial charge in [0, 0.05) is 36.6 Å². The maximum absolute atomic E-state index is 12.8. The van der Waals surface area contributed by atoms with Crippen molar-refractivity contribution >= 4 is 38.0 Å². The molecule has 27 heavy (non-hydrogen) atoms. The van der Waals surface area contributed by atoms with Gasteiger partial charge in [-0.25, -0.2) is 8.42 Å². The van der Waals surface area contributed by atoms with E-state index in [0.717, 1.165) is 15.6 Å². The number of sulfonamides is 1. The highest BCUT2D eigenvalue weighted by molar-refractivity contribution is 7.91. The number of hydrogen-bond donors (Lipinski definition) is 0. The fourth-order valence-electron chi connectivity index (χ4n) is 3.31. The van der Waals surface area contributed by atoms with Crippen LogP contribution in [-0.4, -0.2) is 49.7 Å². The molecule has 2 heterocycles. The lowest BCUT2D eigenvalue weighted by atomic mass is 10.1. The third kappa shape index (κ3) is 3.50. The highest BCUT2D eigenvalue weighted by Gasteiger charge is 2.31. The molecular formula is C20H20N2O3S2. The average molecular weight is 401 g/mol. The molecule has 0 spiro atoms. The molecule has 3 aromatic rings. The van der Waals surface area contributed by atoms with Crippen molar-refractivity contribution in [3.8, 4) is 0 Å². The Hall–Kier alpha value is -2.22. The molecule has 1 amide bonds. The number of fused-ring (bicyclic) bond motifs is 1. The molecule has 0 N–H and O–H groups in total. The minimum atomic E-state index is -3.47. The molecule has 0 radical (unpaired) electrons. The lowest BCUT2D eigenvalue weighted by Crippen LogP contribution is -2.50. The van der Waals surface area contributed by atoms with E-state index in [1.807, 2.05) is 55.5 Å². The first-order valence-electron chi connectivity index (χ1n) is 8.80. The van der Waals surface area contributed by atoms with E-state index >= 15 is 0 Å². The van der Waals surface area contributed by atoms with Crippen LogP contribution in [0.5, 0.6) is 0 Å². The van der Waals surface area contributed by atoms with E-state index in [1.165, 1.54) is 15.6 Å². The topological polar surface area (TPSA) is 57.7 Å². The second-order valence-electron chi connectivity index (χ2n) is 6.62. The van der Waals surface area contributed by atoms with Gasteiger partial charge in [0.05, 0.1) is 0 Å². The molecule has 1 aliphatic heterocycles. The van der Waals surface area contributed by atoms with Crippen LogP contribution in [-0.2, 0) is 10.0 Å². The molecule has 1 aliphatic rings. The predicted molar refractivity (Wildman–Crippen MR) is 108 cm³/mol. The van der Waals surface area contributed by atoms with Gasteiger partial charge in [-0.3, -0.25) is 4.79 Å². The standard InChI is InChI=1S/C20H20N2O3S2/c1-15-6-9-19(26-15)27(24,25)22-12-10-21(11-13-22)20(23)18-8-7-16-4-2-3-5-17(16)14-18/h2-9,14H,10-13H2,1H3. The van der Waals surface area contributed by atoms with Gasteiger partial charge in [-0.1, -0.05) is 30.3 Å². The van der Waals surface area contributed by atoms with Crippen LogP contribution in [0, 0.1) is 6.92 Å². The second-order valence-corrected chi connectivity index (χ2v) is 10.1. The van der Waals surface area contributed by atoms with Gasteiger partial charge in [0.15, 0.2) is 0 Å². The summed E-state index contributed by atoms with van der Waals surface area (Å²) in [5.74, 6) is -0.0511. The monoisotopic (exact) mass is 400 g/mol. The largest absolute Gasteiger partial charge is 0.336 e. The number of nitrogens with zero attached hydrogens (tertiary/aromatic N) is 2. The minimum absolute atomic E-state index is 0.0511. The zero-order valence-electron chi connectivity index (χ0n) is 15.0. The summed E-state index contributed by atoms with van der Waals surface area (Å²) in [6.45, 7) is 3.32. The van der Waals surface area contributed by atoms with Crippen LogP contribution >= 0.6 is 11.3 Å². The summed E-state index contributed by atoms with van der Waals surface area (Å²) in [5.41, 5.74) is 0.638. The van der Waals surface area contributed by atoms with E-state index in [2.05, 4.69) is 0 Å².